The highest BCUT2D eigenvalue weighted by Crippen LogP contribution is 2.47. The molecular weight excluding hydrogens is 556 g/mol. The Kier molecular flexibility index (Phi) is 8.74. The Morgan fingerprint density at radius 3 is 1.14 bits per heavy atom. The molecule has 0 radical (unpaired) electrons. The third kappa shape index (κ3) is 5.84. The van der Waals surface area contributed by atoms with Gasteiger partial charge in [0.15, 0.2) is 0 Å². The van der Waals surface area contributed by atoms with Gasteiger partial charge in [-0.3, -0.25) is 29.2 Å². The van der Waals surface area contributed by atoms with E-state index in [0.717, 1.165) is 12.8 Å². The lowest BCUT2D eigenvalue weighted by molar-refractivity contribution is -0.140. The van der Waals surface area contributed by atoms with Crippen LogP contribution in [0.3, 0.4) is 0 Å². The monoisotopic (exact) mass is 608 g/mol. The highest BCUT2D eigenvalue weighted by molar-refractivity contribution is 6.08. The second kappa shape index (κ2) is 11.4. The molecule has 0 aromatic heterocycles. The molecule has 10 heteroatoms. The van der Waals surface area contributed by atoms with Crippen LogP contribution in [0.5, 0.6) is 0 Å². The molecule has 2 N–H and O–H groups in total. The lowest BCUT2D eigenvalue weighted by atomic mass is 9.69. The molecule has 6 amide bonds. The van der Waals surface area contributed by atoms with Gasteiger partial charge in [-0.25, -0.2) is 9.59 Å². The van der Waals surface area contributed by atoms with Crippen molar-refractivity contribution in [2.24, 2.45) is 0 Å². The average molecular weight is 609 g/mol. The fraction of sp³-hybridized carbons (Fsp3) is 0.765. The van der Waals surface area contributed by atoms with Crippen LogP contribution in [-0.4, -0.2) is 103 Å². The number of carbonyl (C=O) groups excluding carboxylic acids is 4. The van der Waals surface area contributed by atoms with Gasteiger partial charge >= 0.3 is 12.1 Å². The summed E-state index contributed by atoms with van der Waals surface area (Å²) >= 11 is 0. The molecule has 0 aliphatic carbocycles. The zero-order valence-electron chi connectivity index (χ0n) is 28.1. The van der Waals surface area contributed by atoms with E-state index in [1.807, 2.05) is 0 Å². The summed E-state index contributed by atoms with van der Waals surface area (Å²) < 4.78 is 0. The number of terminal acetylenes is 2. The third-order valence-electron chi connectivity index (χ3n) is 10.4. The van der Waals surface area contributed by atoms with Crippen LogP contribution in [0, 0.1) is 24.7 Å². The van der Waals surface area contributed by atoms with Crippen LogP contribution in [0.4, 0.5) is 9.59 Å². The van der Waals surface area contributed by atoms with Gasteiger partial charge in [-0.15, -0.1) is 12.8 Å². The van der Waals surface area contributed by atoms with E-state index in [1.165, 1.54) is 9.80 Å². The molecule has 0 atom stereocenters. The van der Waals surface area contributed by atoms with Crippen molar-refractivity contribution in [3.8, 4) is 24.7 Å². The minimum Gasteiger partial charge on any atom is -0.323 e. The molecule has 4 heterocycles. The number of urea groups is 2. The number of carbonyl (C=O) groups is 4. The number of hydrogen-bond acceptors (Lipinski definition) is 6. The van der Waals surface area contributed by atoms with Gasteiger partial charge in [-0.05, 0) is 93.9 Å². The topological polar surface area (TPSA) is 105 Å². The number of likely N-dealkylation sites (tertiary alicyclic amines) is 2. The maximum absolute atomic E-state index is 13.7. The maximum Gasteiger partial charge on any atom is 0.325 e. The predicted octanol–water partition coefficient (Wildman–Crippen LogP) is 3.70. The first-order valence-corrected chi connectivity index (χ1v) is 16.0. The lowest BCUT2D eigenvalue weighted by Gasteiger charge is -2.57. The van der Waals surface area contributed by atoms with E-state index in [4.69, 9.17) is 12.8 Å². The fourth-order valence-corrected chi connectivity index (χ4v) is 9.27. The summed E-state index contributed by atoms with van der Waals surface area (Å²) in [5.41, 5.74) is -3.34. The summed E-state index contributed by atoms with van der Waals surface area (Å²) in [6.45, 7) is 18.2. The smallest absolute Gasteiger partial charge is 0.323 e. The van der Waals surface area contributed by atoms with E-state index in [-0.39, 0.29) is 46.0 Å². The van der Waals surface area contributed by atoms with Gasteiger partial charge in [-0.1, -0.05) is 24.7 Å². The van der Waals surface area contributed by atoms with Gasteiger partial charge in [0.2, 0.25) is 0 Å². The van der Waals surface area contributed by atoms with Crippen LogP contribution in [-0.2, 0) is 9.59 Å². The molecule has 4 aliphatic rings. The fourth-order valence-electron chi connectivity index (χ4n) is 9.27. The van der Waals surface area contributed by atoms with Crippen molar-refractivity contribution >= 4 is 23.9 Å². The Labute approximate surface area is 264 Å². The Morgan fingerprint density at radius 2 is 0.864 bits per heavy atom. The van der Waals surface area contributed by atoms with Gasteiger partial charge in [0.05, 0.1) is 13.1 Å². The number of imide groups is 2. The molecule has 0 bridgehead atoms. The molecule has 4 aliphatic heterocycles. The van der Waals surface area contributed by atoms with Crippen molar-refractivity contribution in [1.29, 1.82) is 0 Å². The number of nitrogens with one attached hydrogen (secondary N) is 2. The molecule has 4 rings (SSSR count). The average Bonchev–Trinajstić information content (AvgIpc) is 3.22. The number of unbranched alkanes of at least 4 members (excludes halogenated alkanes) is 3. The van der Waals surface area contributed by atoms with Gasteiger partial charge in [-0.2, -0.15) is 0 Å². The van der Waals surface area contributed by atoms with Gasteiger partial charge in [0, 0.05) is 35.2 Å². The molecular formula is C34H52N6O4. The van der Waals surface area contributed by atoms with E-state index >= 15 is 0 Å². The first-order chi connectivity index (χ1) is 20.3. The van der Waals surface area contributed by atoms with E-state index in [2.05, 4.69) is 87.7 Å². The second-order valence-corrected chi connectivity index (χ2v) is 15.9. The quantitative estimate of drug-likeness (QED) is 0.235. The van der Waals surface area contributed by atoms with E-state index in [0.29, 0.717) is 64.7 Å². The SMILES string of the molecule is C#CCN1C(C)(C)CC2(CC1(C)C)NC(=O)N(CCCCCCN1C(=O)NC3(CC(C)(C)N(CC#C)C(C)(C)C3)C1=O)C2=O. The number of amides is 6. The van der Waals surface area contributed by atoms with Crippen molar-refractivity contribution in [3.63, 3.8) is 0 Å². The lowest BCUT2D eigenvalue weighted by Crippen LogP contribution is -2.69. The minimum absolute atomic E-state index is 0.159. The highest BCUT2D eigenvalue weighted by Gasteiger charge is 2.62. The molecule has 2 spiro atoms. The van der Waals surface area contributed by atoms with E-state index in [9.17, 15) is 19.2 Å². The minimum atomic E-state index is -0.936. The van der Waals surface area contributed by atoms with Crippen LogP contribution in [0.15, 0.2) is 0 Å². The Balaban J connectivity index is 1.29. The van der Waals surface area contributed by atoms with Crippen molar-refractivity contribution < 1.29 is 19.2 Å². The molecule has 4 saturated heterocycles. The summed E-state index contributed by atoms with van der Waals surface area (Å²) in [4.78, 5) is 60.5. The number of nitrogens with zero attached hydrogens (tertiary/aromatic N) is 4. The largest absolute Gasteiger partial charge is 0.325 e. The molecule has 242 valence electrons. The summed E-state index contributed by atoms with van der Waals surface area (Å²) in [7, 11) is 0. The van der Waals surface area contributed by atoms with E-state index < -0.39 is 11.1 Å². The molecule has 0 aromatic carbocycles. The van der Waals surface area contributed by atoms with Gasteiger partial charge < -0.3 is 10.6 Å². The Hall–Kier alpha value is -3.08. The number of rotatable bonds is 9. The zero-order chi connectivity index (χ0) is 32.9. The second-order valence-electron chi connectivity index (χ2n) is 15.9. The molecule has 0 aromatic rings. The summed E-state index contributed by atoms with van der Waals surface area (Å²) in [5, 5.41) is 6.10. The highest BCUT2D eigenvalue weighted by atomic mass is 16.2. The van der Waals surface area contributed by atoms with Crippen molar-refractivity contribution in [3.05, 3.63) is 0 Å². The first-order valence-electron chi connectivity index (χ1n) is 16.0. The molecule has 4 fully saturated rings. The summed E-state index contributed by atoms with van der Waals surface area (Å²) in [6.07, 6.45) is 16.1. The molecule has 10 nitrogen and oxygen atoms in total. The summed E-state index contributed by atoms with van der Waals surface area (Å²) in [5.74, 6) is 5.17. The summed E-state index contributed by atoms with van der Waals surface area (Å²) in [6, 6.07) is -0.674. The molecule has 0 unspecified atom stereocenters. The van der Waals surface area contributed by atoms with Crippen molar-refractivity contribution in [1.82, 2.24) is 30.2 Å². The van der Waals surface area contributed by atoms with Crippen molar-refractivity contribution in [2.75, 3.05) is 26.2 Å². The van der Waals surface area contributed by atoms with Gasteiger partial charge in [0.1, 0.15) is 11.1 Å². The van der Waals surface area contributed by atoms with Crippen molar-refractivity contribution in [2.45, 2.75) is 140 Å². The first kappa shape index (κ1) is 33.8. The van der Waals surface area contributed by atoms with Crippen LogP contribution < -0.4 is 10.6 Å². The predicted molar refractivity (Wildman–Crippen MR) is 170 cm³/mol. The van der Waals surface area contributed by atoms with Gasteiger partial charge in [0.25, 0.3) is 11.8 Å². The molecule has 44 heavy (non-hydrogen) atoms. The maximum atomic E-state index is 13.7. The van der Waals surface area contributed by atoms with Crippen LogP contribution in [0.1, 0.15) is 107 Å². The van der Waals surface area contributed by atoms with Crippen LogP contribution in [0.25, 0.3) is 0 Å². The Bertz CT molecular complexity index is 1150. The standard InChI is InChI=1S/C34H52N6O4/c1-11-17-39-29(3,4)21-33(22-30(39,5)6)25(41)37(27(43)35-33)19-15-13-14-16-20-38-26(42)34(36-28(38)44)23-31(7,8)40(18-12-2)32(9,10)24-34/h1-2H,13-24H2,3-10H3,(H,35,43)(H,36,44). The van der Waals surface area contributed by atoms with E-state index in [1.54, 1.807) is 0 Å². The number of hydrogen-bond donors (Lipinski definition) is 2. The van der Waals surface area contributed by atoms with Crippen LogP contribution in [0.2, 0.25) is 0 Å². The zero-order valence-corrected chi connectivity index (χ0v) is 28.1. The normalized spacial score (nSPS) is 26.5. The third-order valence-corrected chi connectivity index (χ3v) is 10.4. The van der Waals surface area contributed by atoms with Crippen LogP contribution >= 0.6 is 0 Å². The molecule has 0 saturated carbocycles. The number of piperidine rings is 2. The Morgan fingerprint density at radius 1 is 0.568 bits per heavy atom.